The zero-order chi connectivity index (χ0) is 16.7. The number of likely N-dealkylation sites (tertiary alicyclic amines) is 1. The van der Waals surface area contributed by atoms with Crippen LogP contribution < -0.4 is 4.74 Å². The van der Waals surface area contributed by atoms with Gasteiger partial charge in [-0.1, -0.05) is 18.2 Å². The van der Waals surface area contributed by atoms with E-state index in [1.165, 1.54) is 0 Å². The number of para-hydroxylation sites is 1. The Labute approximate surface area is 145 Å². The summed E-state index contributed by atoms with van der Waals surface area (Å²) < 4.78 is 24.7. The summed E-state index contributed by atoms with van der Waals surface area (Å²) in [5.41, 5.74) is 2.14. The number of piperidine rings is 1. The normalized spacial score (nSPS) is 27.8. The van der Waals surface area contributed by atoms with E-state index >= 15 is 0 Å². The van der Waals surface area contributed by atoms with Gasteiger partial charge >= 0.3 is 0 Å². The Morgan fingerprint density at radius 2 is 2.00 bits per heavy atom. The minimum Gasteiger partial charge on any atom is -0.496 e. The first-order chi connectivity index (χ1) is 11.7. The molecule has 2 atom stereocenters. The van der Waals surface area contributed by atoms with E-state index in [1.807, 2.05) is 18.2 Å². The van der Waals surface area contributed by atoms with Crippen LogP contribution in [-0.2, 0) is 22.0 Å². The molecule has 3 aliphatic heterocycles. The molecule has 0 aliphatic carbocycles. The van der Waals surface area contributed by atoms with Crippen molar-refractivity contribution in [2.45, 2.75) is 25.4 Å². The van der Waals surface area contributed by atoms with Gasteiger partial charge in [-0.25, -0.2) is 4.21 Å². The van der Waals surface area contributed by atoms with Gasteiger partial charge in [-0.15, -0.1) is 0 Å². The maximum atomic E-state index is 12.7. The average molecular weight is 345 g/mol. The van der Waals surface area contributed by atoms with Gasteiger partial charge in [0.1, 0.15) is 17.6 Å². The molecule has 2 unspecified atom stereocenters. The lowest BCUT2D eigenvalue weighted by Gasteiger charge is -2.35. The maximum Gasteiger partial charge on any atom is 0.135 e. The van der Waals surface area contributed by atoms with Crippen molar-refractivity contribution < 1.29 is 13.7 Å². The molecule has 5 heteroatoms. The number of nitrogens with zero attached hydrogens (tertiary/aromatic N) is 1. The maximum absolute atomic E-state index is 12.7. The Morgan fingerprint density at radius 3 is 2.75 bits per heavy atom. The molecule has 1 fully saturated rings. The number of benzene rings is 1. The van der Waals surface area contributed by atoms with Crippen LogP contribution in [0, 0.1) is 5.92 Å². The molecule has 0 saturated carbocycles. The molecule has 1 aromatic rings. The second kappa shape index (κ2) is 6.37. The zero-order valence-corrected chi connectivity index (χ0v) is 15.0. The van der Waals surface area contributed by atoms with Gasteiger partial charge in [0.2, 0.25) is 0 Å². The molecule has 0 N–H and O–H groups in total. The summed E-state index contributed by atoms with van der Waals surface area (Å²) in [6, 6.07) is 8.11. The molecule has 24 heavy (non-hydrogen) atoms. The van der Waals surface area contributed by atoms with Crippen molar-refractivity contribution in [3.8, 4) is 5.75 Å². The fourth-order valence-electron chi connectivity index (χ4n) is 3.90. The second-order valence-corrected chi connectivity index (χ2v) is 8.11. The van der Waals surface area contributed by atoms with Crippen LogP contribution in [0.15, 0.2) is 45.9 Å². The van der Waals surface area contributed by atoms with Crippen LogP contribution in [0.5, 0.6) is 5.75 Å². The molecule has 3 heterocycles. The van der Waals surface area contributed by atoms with Crippen molar-refractivity contribution in [1.29, 1.82) is 0 Å². The Bertz CT molecular complexity index is 732. The Kier molecular flexibility index (Phi) is 4.22. The third-order valence-corrected chi connectivity index (χ3v) is 6.57. The predicted octanol–water partition coefficient (Wildman–Crippen LogP) is 2.84. The highest BCUT2D eigenvalue weighted by Gasteiger charge is 2.39. The number of allylic oxidation sites excluding steroid dienone is 1. The van der Waals surface area contributed by atoms with Crippen LogP contribution in [0.25, 0.3) is 0 Å². The number of hydrogen-bond acceptors (Lipinski definition) is 4. The number of rotatable bonds is 2. The van der Waals surface area contributed by atoms with E-state index in [1.54, 1.807) is 12.5 Å². The molecular formula is C19H23NO3S. The lowest BCUT2D eigenvalue weighted by atomic mass is 9.86. The molecule has 0 amide bonds. The fraction of sp³-hybridized carbons (Fsp3) is 0.474. The second-order valence-electron chi connectivity index (χ2n) is 6.78. The van der Waals surface area contributed by atoms with Crippen LogP contribution >= 0.6 is 0 Å². The third-order valence-electron chi connectivity index (χ3n) is 5.30. The van der Waals surface area contributed by atoms with Crippen LogP contribution in [0.1, 0.15) is 18.4 Å². The number of ether oxygens (including phenoxy) is 2. The zero-order valence-electron chi connectivity index (χ0n) is 14.2. The van der Waals surface area contributed by atoms with Crippen LogP contribution in [0.2, 0.25) is 0 Å². The topological polar surface area (TPSA) is 38.8 Å². The smallest absolute Gasteiger partial charge is 0.135 e. The fourth-order valence-corrected chi connectivity index (χ4v) is 5.19. The summed E-state index contributed by atoms with van der Waals surface area (Å²) in [6.45, 7) is 2.15. The van der Waals surface area contributed by atoms with Crippen LogP contribution in [0.3, 0.4) is 0 Å². The predicted molar refractivity (Wildman–Crippen MR) is 95.0 cm³/mol. The van der Waals surface area contributed by atoms with Crippen molar-refractivity contribution in [2.75, 3.05) is 27.2 Å². The summed E-state index contributed by atoms with van der Waals surface area (Å²) in [4.78, 5) is 3.32. The number of methoxy groups -OCH3 is 1. The molecule has 128 valence electrons. The highest BCUT2D eigenvalue weighted by Crippen LogP contribution is 2.42. The summed E-state index contributed by atoms with van der Waals surface area (Å²) >= 11 is 0. The van der Waals surface area contributed by atoms with Gasteiger partial charge in [-0.3, -0.25) is 0 Å². The lowest BCUT2D eigenvalue weighted by Crippen LogP contribution is -2.39. The first-order valence-corrected chi connectivity index (χ1v) is 9.71. The molecule has 4 rings (SSSR count). The highest BCUT2D eigenvalue weighted by molar-refractivity contribution is 7.92. The van der Waals surface area contributed by atoms with Gasteiger partial charge < -0.3 is 14.4 Å². The van der Waals surface area contributed by atoms with E-state index in [2.05, 4.69) is 18.0 Å². The quantitative estimate of drug-likeness (QED) is 0.826. The van der Waals surface area contributed by atoms with Gasteiger partial charge in [0, 0.05) is 28.2 Å². The van der Waals surface area contributed by atoms with E-state index in [0.717, 1.165) is 53.5 Å². The Morgan fingerprint density at radius 1 is 1.25 bits per heavy atom. The summed E-state index contributed by atoms with van der Waals surface area (Å²) in [6.07, 6.45) is 2.77. The minimum absolute atomic E-state index is 0.0741. The molecular weight excluding hydrogens is 322 g/mol. The van der Waals surface area contributed by atoms with Gasteiger partial charge in [-0.2, -0.15) is 0 Å². The Hall–Kier alpha value is -1.59. The highest BCUT2D eigenvalue weighted by atomic mass is 32.2. The third kappa shape index (κ3) is 2.70. The van der Waals surface area contributed by atoms with Crippen molar-refractivity contribution >= 4 is 10.8 Å². The van der Waals surface area contributed by atoms with Crippen molar-refractivity contribution in [1.82, 2.24) is 4.90 Å². The molecule has 0 spiro atoms. The van der Waals surface area contributed by atoms with Gasteiger partial charge in [-0.05, 0) is 44.6 Å². The van der Waals surface area contributed by atoms with Crippen molar-refractivity contribution in [2.24, 2.45) is 5.92 Å². The summed E-state index contributed by atoms with van der Waals surface area (Å²) in [5.74, 6) is 2.08. The van der Waals surface area contributed by atoms with Crippen LogP contribution in [0.4, 0.5) is 0 Å². The van der Waals surface area contributed by atoms with Crippen LogP contribution in [-0.4, -0.2) is 42.5 Å². The Balaban J connectivity index is 1.77. The summed E-state index contributed by atoms with van der Waals surface area (Å²) in [5, 5.41) is 1.74. The first-order valence-electron chi connectivity index (χ1n) is 8.50. The standard InChI is InChI=1S/C19H23NO3S/c1-20-9-7-13(8-10-20)19-18-16(22-2)12-24(21)17(18)11-14-5-3-4-6-15(14)23-19/h3-6,12-13,19H,7-11H2,1-2H3. The number of hydrogen-bond donors (Lipinski definition) is 0. The molecule has 4 nitrogen and oxygen atoms in total. The SMILES string of the molecule is COC1=CS(=O)C2=C1C(C1CCN(C)CC1)Oc1ccccc1C2. The van der Waals surface area contributed by atoms with Gasteiger partial charge in [0.25, 0.3) is 0 Å². The van der Waals surface area contributed by atoms with E-state index in [-0.39, 0.29) is 6.10 Å². The molecule has 3 aliphatic rings. The van der Waals surface area contributed by atoms with Gasteiger partial charge in [0.15, 0.2) is 0 Å². The van der Waals surface area contributed by atoms with Crippen molar-refractivity contribution in [3.63, 3.8) is 0 Å². The number of fused-ring (bicyclic) bond motifs is 1. The summed E-state index contributed by atoms with van der Waals surface area (Å²) in [7, 11) is 2.70. The molecule has 0 radical (unpaired) electrons. The molecule has 1 saturated heterocycles. The average Bonchev–Trinajstić information content (AvgIpc) is 2.80. The van der Waals surface area contributed by atoms with E-state index in [9.17, 15) is 4.21 Å². The van der Waals surface area contributed by atoms with E-state index in [0.29, 0.717) is 12.3 Å². The van der Waals surface area contributed by atoms with E-state index in [4.69, 9.17) is 9.47 Å². The molecule has 1 aromatic carbocycles. The van der Waals surface area contributed by atoms with E-state index < -0.39 is 10.8 Å². The minimum atomic E-state index is -1.12. The lowest BCUT2D eigenvalue weighted by molar-refractivity contribution is 0.105. The monoisotopic (exact) mass is 345 g/mol. The molecule has 0 bridgehead atoms. The van der Waals surface area contributed by atoms with Gasteiger partial charge in [0.05, 0.1) is 17.9 Å². The molecule has 0 aromatic heterocycles. The first kappa shape index (κ1) is 15.9. The largest absolute Gasteiger partial charge is 0.496 e. The van der Waals surface area contributed by atoms with Crippen molar-refractivity contribution in [3.05, 3.63) is 51.5 Å².